The lowest BCUT2D eigenvalue weighted by Gasteiger charge is -2.09. The molecule has 5 aromatic rings. The van der Waals surface area contributed by atoms with Gasteiger partial charge in [0.05, 0.1) is 29.7 Å². The summed E-state index contributed by atoms with van der Waals surface area (Å²) in [6.07, 6.45) is 4.10. The van der Waals surface area contributed by atoms with Gasteiger partial charge in [-0.15, -0.1) is 11.8 Å². The summed E-state index contributed by atoms with van der Waals surface area (Å²) >= 11 is 1.79. The molecule has 7 heteroatoms. The second-order valence-electron chi connectivity index (χ2n) is 8.53. The van der Waals surface area contributed by atoms with E-state index in [4.69, 9.17) is 14.8 Å². The van der Waals surface area contributed by atoms with Gasteiger partial charge in [-0.3, -0.25) is 0 Å². The van der Waals surface area contributed by atoms with Crippen molar-refractivity contribution in [2.45, 2.75) is 31.7 Å². The second-order valence-corrected chi connectivity index (χ2v) is 9.62. The van der Waals surface area contributed by atoms with E-state index in [1.165, 1.54) is 0 Å². The Morgan fingerprint density at radius 3 is 2.58 bits per heavy atom. The minimum absolute atomic E-state index is 0.553. The summed E-state index contributed by atoms with van der Waals surface area (Å²) in [5, 5.41) is 11.6. The van der Waals surface area contributed by atoms with E-state index in [2.05, 4.69) is 54.5 Å². The zero-order valence-corrected chi connectivity index (χ0v) is 21.5. The molecule has 182 valence electrons. The molecule has 0 atom stereocenters. The average Bonchev–Trinajstić information content (AvgIpc) is 3.25. The molecule has 0 aliphatic heterocycles. The number of aromatic nitrogens is 4. The normalized spacial score (nSPS) is 11.1. The smallest absolute Gasteiger partial charge is 0.227 e. The van der Waals surface area contributed by atoms with Crippen LogP contribution in [0.25, 0.3) is 27.7 Å². The molecule has 6 nitrogen and oxygen atoms in total. The van der Waals surface area contributed by atoms with Crippen molar-refractivity contribution in [3.63, 3.8) is 0 Å². The van der Waals surface area contributed by atoms with Crippen LogP contribution >= 0.6 is 11.8 Å². The molecule has 0 amide bonds. The van der Waals surface area contributed by atoms with E-state index in [1.54, 1.807) is 25.1 Å². The molecule has 2 heterocycles. The van der Waals surface area contributed by atoms with Crippen LogP contribution in [0, 0.1) is 6.92 Å². The van der Waals surface area contributed by atoms with Crippen molar-refractivity contribution in [1.82, 2.24) is 19.7 Å². The number of methoxy groups -OCH3 is 1. The molecule has 0 saturated heterocycles. The van der Waals surface area contributed by atoms with Gasteiger partial charge in [0.25, 0.3) is 0 Å². The third kappa shape index (κ3) is 5.06. The molecule has 3 aromatic carbocycles. The first-order chi connectivity index (χ1) is 17.7. The Labute approximate surface area is 215 Å². The van der Waals surface area contributed by atoms with Crippen molar-refractivity contribution in [2.75, 3.05) is 18.2 Å². The number of benzene rings is 3. The molecule has 1 N–H and O–H groups in total. The number of hydrogen-bond donors (Lipinski definition) is 1. The van der Waals surface area contributed by atoms with Crippen LogP contribution < -0.4 is 10.1 Å². The lowest BCUT2D eigenvalue weighted by Crippen LogP contribution is -2.00. The number of para-hydroxylation sites is 1. The van der Waals surface area contributed by atoms with Gasteiger partial charge in [0.15, 0.2) is 0 Å². The number of rotatable bonds is 9. The van der Waals surface area contributed by atoms with E-state index < -0.39 is 0 Å². The third-order valence-electron chi connectivity index (χ3n) is 6.04. The predicted molar refractivity (Wildman–Crippen MR) is 149 cm³/mol. The van der Waals surface area contributed by atoms with Gasteiger partial charge in [-0.2, -0.15) is 5.10 Å². The Hall–Kier alpha value is -3.84. The van der Waals surface area contributed by atoms with Crippen LogP contribution in [0.3, 0.4) is 0 Å². The summed E-state index contributed by atoms with van der Waals surface area (Å²) in [6.45, 7) is 4.31. The average molecular weight is 496 g/mol. The Kier molecular flexibility index (Phi) is 7.18. The third-order valence-corrected chi connectivity index (χ3v) is 7.09. The monoisotopic (exact) mass is 495 g/mol. The number of nitrogens with zero attached hydrogens (tertiary/aromatic N) is 4. The maximum absolute atomic E-state index is 5.34. The van der Waals surface area contributed by atoms with E-state index in [0.29, 0.717) is 5.95 Å². The number of thioether (sulfide) groups is 1. The Balaban J connectivity index is 1.48. The van der Waals surface area contributed by atoms with Gasteiger partial charge in [0.1, 0.15) is 10.8 Å². The zero-order chi connectivity index (χ0) is 24.9. The number of fused-ring (bicyclic) bond motifs is 1. The lowest BCUT2D eigenvalue weighted by atomic mass is 10.1. The van der Waals surface area contributed by atoms with Crippen molar-refractivity contribution in [1.29, 1.82) is 0 Å². The van der Waals surface area contributed by atoms with Crippen LogP contribution in [0.4, 0.5) is 11.6 Å². The Morgan fingerprint density at radius 2 is 1.78 bits per heavy atom. The lowest BCUT2D eigenvalue weighted by molar-refractivity contribution is 0.415. The van der Waals surface area contributed by atoms with Crippen LogP contribution in [-0.2, 0) is 0 Å². The quantitative estimate of drug-likeness (QED) is 0.169. The number of hydrogen-bond acceptors (Lipinski definition) is 6. The summed E-state index contributed by atoms with van der Waals surface area (Å²) in [6, 6.07) is 24.4. The molecule has 0 radical (unpaired) electrons. The first kappa shape index (κ1) is 23.9. The highest BCUT2D eigenvalue weighted by atomic mass is 32.2. The summed E-state index contributed by atoms with van der Waals surface area (Å²) in [7, 11) is 1.68. The Bertz CT molecular complexity index is 1480. The molecule has 5 rings (SSSR count). The molecule has 0 aliphatic rings. The van der Waals surface area contributed by atoms with Gasteiger partial charge in [-0.05, 0) is 72.3 Å². The van der Waals surface area contributed by atoms with Gasteiger partial charge >= 0.3 is 0 Å². The maximum atomic E-state index is 5.34. The van der Waals surface area contributed by atoms with Crippen LogP contribution in [0.2, 0.25) is 0 Å². The van der Waals surface area contributed by atoms with Crippen molar-refractivity contribution in [2.24, 2.45) is 0 Å². The van der Waals surface area contributed by atoms with E-state index >= 15 is 0 Å². The second kappa shape index (κ2) is 10.8. The van der Waals surface area contributed by atoms with Gasteiger partial charge in [-0.1, -0.05) is 43.7 Å². The highest BCUT2D eigenvalue weighted by Gasteiger charge is 2.19. The first-order valence-corrected chi connectivity index (χ1v) is 13.1. The van der Waals surface area contributed by atoms with E-state index in [1.807, 2.05) is 47.1 Å². The minimum Gasteiger partial charge on any atom is -0.497 e. The molecule has 0 fully saturated rings. The van der Waals surface area contributed by atoms with E-state index in [0.717, 1.165) is 68.5 Å². The number of nitrogens with one attached hydrogen (secondary N) is 1. The van der Waals surface area contributed by atoms with Gasteiger partial charge in [-0.25, -0.2) is 14.6 Å². The fraction of sp³-hybridized carbons (Fsp3) is 0.207. The highest BCUT2D eigenvalue weighted by Crippen LogP contribution is 2.35. The molecule has 0 unspecified atom stereocenters. The molecule has 0 bridgehead atoms. The molecule has 0 saturated carbocycles. The van der Waals surface area contributed by atoms with E-state index in [-0.39, 0.29) is 0 Å². The summed E-state index contributed by atoms with van der Waals surface area (Å²) < 4.78 is 7.35. The zero-order valence-electron chi connectivity index (χ0n) is 20.7. The molecule has 36 heavy (non-hydrogen) atoms. The van der Waals surface area contributed by atoms with Crippen LogP contribution in [0.1, 0.15) is 25.5 Å². The molecular formula is C29H29N5OS. The standard InChI is InChI=1S/C29H29N5OS/c1-4-5-17-36-28-27(20(2)34(33-28)24-9-7-6-8-10-24)26-15-16-30-29(32-26)31-23-13-11-22-19-25(35-3)14-12-21(22)18-23/h6-16,18-19H,4-5,17H2,1-3H3,(H,30,31,32). The molecule has 2 aromatic heterocycles. The topological polar surface area (TPSA) is 64.9 Å². The van der Waals surface area contributed by atoms with Crippen molar-refractivity contribution in [3.05, 3.63) is 84.7 Å². The van der Waals surface area contributed by atoms with Crippen LogP contribution in [0.5, 0.6) is 5.75 Å². The summed E-state index contributed by atoms with van der Waals surface area (Å²) in [4.78, 5) is 9.38. The van der Waals surface area contributed by atoms with Crippen molar-refractivity contribution in [3.8, 4) is 22.7 Å². The van der Waals surface area contributed by atoms with E-state index in [9.17, 15) is 0 Å². The van der Waals surface area contributed by atoms with Crippen molar-refractivity contribution < 1.29 is 4.74 Å². The Morgan fingerprint density at radius 1 is 0.972 bits per heavy atom. The fourth-order valence-corrected chi connectivity index (χ4v) is 5.28. The summed E-state index contributed by atoms with van der Waals surface area (Å²) in [5.41, 5.74) is 4.94. The fourth-order valence-electron chi connectivity index (χ4n) is 4.12. The first-order valence-electron chi connectivity index (χ1n) is 12.1. The largest absolute Gasteiger partial charge is 0.497 e. The van der Waals surface area contributed by atoms with Gasteiger partial charge in [0.2, 0.25) is 5.95 Å². The van der Waals surface area contributed by atoms with Crippen LogP contribution in [-0.4, -0.2) is 32.6 Å². The van der Waals surface area contributed by atoms with Gasteiger partial charge in [0, 0.05) is 11.9 Å². The number of unbranched alkanes of at least 4 members (excludes halogenated alkanes) is 1. The molecular weight excluding hydrogens is 466 g/mol. The SMILES string of the molecule is CCCCSc1nn(-c2ccccc2)c(C)c1-c1ccnc(Nc2ccc3cc(OC)ccc3c2)n1. The predicted octanol–water partition coefficient (Wildman–Crippen LogP) is 7.44. The van der Waals surface area contributed by atoms with Gasteiger partial charge < -0.3 is 10.1 Å². The molecule has 0 spiro atoms. The highest BCUT2D eigenvalue weighted by molar-refractivity contribution is 7.99. The minimum atomic E-state index is 0.553. The number of anilines is 2. The van der Waals surface area contributed by atoms with Crippen molar-refractivity contribution >= 4 is 34.2 Å². The van der Waals surface area contributed by atoms with Crippen LogP contribution in [0.15, 0.2) is 84.0 Å². The summed E-state index contributed by atoms with van der Waals surface area (Å²) in [5.74, 6) is 2.42. The molecule has 0 aliphatic carbocycles. The maximum Gasteiger partial charge on any atom is 0.227 e. The number of ether oxygens (including phenoxy) is 1.